The molecule has 0 heterocycles. The SMILES string of the molecule is CCCCCCCCCCCCCCCCCCC(CCCCC)C(=O)OCCCCCCCCCCCCCCCC. The average Bonchev–Trinajstić information content (AvgIpc) is 3.01. The summed E-state index contributed by atoms with van der Waals surface area (Å²) in [6, 6.07) is 0. The van der Waals surface area contributed by atoms with Crippen molar-refractivity contribution in [3.63, 3.8) is 0 Å². The number of carbonyl (C=O) groups is 1. The summed E-state index contributed by atoms with van der Waals surface area (Å²) in [6.07, 6.45) is 47.2. The molecule has 258 valence electrons. The first-order valence-electron chi connectivity index (χ1n) is 20.4. The van der Waals surface area contributed by atoms with Crippen LogP contribution in [0.5, 0.6) is 0 Å². The van der Waals surface area contributed by atoms with Gasteiger partial charge in [0.1, 0.15) is 0 Å². The Labute approximate surface area is 273 Å². The summed E-state index contributed by atoms with van der Waals surface area (Å²) in [5.41, 5.74) is 0. The number of esters is 1. The van der Waals surface area contributed by atoms with Crippen LogP contribution in [-0.2, 0) is 9.53 Å². The zero-order valence-electron chi connectivity index (χ0n) is 30.3. The quantitative estimate of drug-likeness (QED) is 0.0519. The zero-order valence-corrected chi connectivity index (χ0v) is 30.3. The van der Waals surface area contributed by atoms with E-state index in [9.17, 15) is 4.79 Å². The zero-order chi connectivity index (χ0) is 31.3. The largest absolute Gasteiger partial charge is 0.465 e. The molecule has 0 N–H and O–H groups in total. The highest BCUT2D eigenvalue weighted by atomic mass is 16.5. The molecule has 0 amide bonds. The van der Waals surface area contributed by atoms with Gasteiger partial charge in [-0.1, -0.05) is 226 Å². The standard InChI is InChI=1S/C41H82O2/c1-4-7-10-12-14-16-18-20-22-23-24-26-28-30-32-35-38-40(37-34-9-6-3)41(42)43-39-36-33-31-29-27-25-21-19-17-15-13-11-8-5-2/h40H,4-39H2,1-3H3. The molecule has 43 heavy (non-hydrogen) atoms. The van der Waals surface area contributed by atoms with Gasteiger partial charge in [0.25, 0.3) is 0 Å². The van der Waals surface area contributed by atoms with Gasteiger partial charge in [-0.05, 0) is 19.3 Å². The van der Waals surface area contributed by atoms with Crippen LogP contribution >= 0.6 is 0 Å². The molecule has 1 atom stereocenters. The summed E-state index contributed by atoms with van der Waals surface area (Å²) < 4.78 is 5.78. The molecule has 0 saturated carbocycles. The lowest BCUT2D eigenvalue weighted by Crippen LogP contribution is -2.18. The summed E-state index contributed by atoms with van der Waals surface area (Å²) in [6.45, 7) is 7.48. The lowest BCUT2D eigenvalue weighted by atomic mass is 9.94. The molecule has 0 bridgehead atoms. The molecular weight excluding hydrogens is 524 g/mol. The summed E-state index contributed by atoms with van der Waals surface area (Å²) in [4.78, 5) is 12.8. The first-order chi connectivity index (χ1) is 21.3. The van der Waals surface area contributed by atoms with Crippen molar-refractivity contribution in [2.24, 2.45) is 5.92 Å². The Morgan fingerprint density at radius 1 is 0.349 bits per heavy atom. The highest BCUT2D eigenvalue weighted by Crippen LogP contribution is 2.21. The molecular formula is C41H82O2. The van der Waals surface area contributed by atoms with Gasteiger partial charge in [-0.3, -0.25) is 4.79 Å². The molecule has 2 heteroatoms. The molecule has 1 unspecified atom stereocenters. The highest BCUT2D eigenvalue weighted by Gasteiger charge is 2.19. The highest BCUT2D eigenvalue weighted by molar-refractivity contribution is 5.72. The van der Waals surface area contributed by atoms with Gasteiger partial charge in [0, 0.05) is 0 Å². The second-order valence-electron chi connectivity index (χ2n) is 14.0. The van der Waals surface area contributed by atoms with Crippen LogP contribution in [-0.4, -0.2) is 12.6 Å². The van der Waals surface area contributed by atoms with Crippen LogP contribution in [0, 0.1) is 5.92 Å². The average molecular weight is 607 g/mol. The second-order valence-corrected chi connectivity index (χ2v) is 14.0. The van der Waals surface area contributed by atoms with E-state index in [0.717, 1.165) is 19.3 Å². The number of hydrogen-bond donors (Lipinski definition) is 0. The van der Waals surface area contributed by atoms with E-state index >= 15 is 0 Å². The van der Waals surface area contributed by atoms with Gasteiger partial charge >= 0.3 is 5.97 Å². The molecule has 0 fully saturated rings. The fourth-order valence-corrected chi connectivity index (χ4v) is 6.55. The maximum absolute atomic E-state index is 12.8. The molecule has 0 aliphatic rings. The maximum atomic E-state index is 12.8. The van der Waals surface area contributed by atoms with Crippen molar-refractivity contribution in [3.05, 3.63) is 0 Å². The molecule has 0 rings (SSSR count). The van der Waals surface area contributed by atoms with Gasteiger partial charge in [-0.2, -0.15) is 0 Å². The van der Waals surface area contributed by atoms with E-state index in [1.54, 1.807) is 0 Å². The van der Waals surface area contributed by atoms with Crippen molar-refractivity contribution < 1.29 is 9.53 Å². The van der Waals surface area contributed by atoms with Crippen molar-refractivity contribution in [2.75, 3.05) is 6.61 Å². The van der Waals surface area contributed by atoms with Gasteiger partial charge in [0.15, 0.2) is 0 Å². The Hall–Kier alpha value is -0.530. The first kappa shape index (κ1) is 42.5. The number of unbranched alkanes of at least 4 members (excludes halogenated alkanes) is 30. The normalized spacial score (nSPS) is 12.2. The fraction of sp³-hybridized carbons (Fsp3) is 0.976. The van der Waals surface area contributed by atoms with Crippen molar-refractivity contribution in [3.8, 4) is 0 Å². The summed E-state index contributed by atoms with van der Waals surface area (Å²) in [5.74, 6) is 0.247. The molecule has 0 saturated heterocycles. The summed E-state index contributed by atoms with van der Waals surface area (Å²) >= 11 is 0. The summed E-state index contributed by atoms with van der Waals surface area (Å²) in [5, 5.41) is 0. The van der Waals surface area contributed by atoms with Crippen molar-refractivity contribution >= 4 is 5.97 Å². The smallest absolute Gasteiger partial charge is 0.308 e. The van der Waals surface area contributed by atoms with Crippen LogP contribution in [0.15, 0.2) is 0 Å². The van der Waals surface area contributed by atoms with E-state index in [4.69, 9.17) is 4.74 Å². The third-order valence-electron chi connectivity index (χ3n) is 9.64. The second kappa shape index (κ2) is 37.7. The molecule has 0 radical (unpaired) electrons. The van der Waals surface area contributed by atoms with E-state index in [0.29, 0.717) is 6.61 Å². The van der Waals surface area contributed by atoms with Crippen LogP contribution in [0.1, 0.15) is 245 Å². The molecule has 0 aromatic carbocycles. The first-order valence-corrected chi connectivity index (χ1v) is 20.4. The van der Waals surface area contributed by atoms with Crippen LogP contribution in [0.4, 0.5) is 0 Å². The van der Waals surface area contributed by atoms with Gasteiger partial charge < -0.3 is 4.74 Å². The fourth-order valence-electron chi connectivity index (χ4n) is 6.55. The predicted molar refractivity (Wildman–Crippen MR) is 193 cm³/mol. The maximum Gasteiger partial charge on any atom is 0.308 e. The lowest BCUT2D eigenvalue weighted by molar-refractivity contribution is -0.149. The van der Waals surface area contributed by atoms with Crippen LogP contribution < -0.4 is 0 Å². The molecule has 2 nitrogen and oxygen atoms in total. The lowest BCUT2D eigenvalue weighted by Gasteiger charge is -2.16. The number of rotatable bonds is 37. The molecule has 0 aliphatic heterocycles. The van der Waals surface area contributed by atoms with E-state index in [-0.39, 0.29) is 11.9 Å². The molecule has 0 aliphatic carbocycles. The monoisotopic (exact) mass is 607 g/mol. The minimum Gasteiger partial charge on any atom is -0.465 e. The van der Waals surface area contributed by atoms with Crippen molar-refractivity contribution in [1.82, 2.24) is 0 Å². The third-order valence-corrected chi connectivity index (χ3v) is 9.64. The topological polar surface area (TPSA) is 26.3 Å². The van der Waals surface area contributed by atoms with E-state index in [1.165, 1.54) is 205 Å². The van der Waals surface area contributed by atoms with Crippen molar-refractivity contribution in [1.29, 1.82) is 0 Å². The van der Waals surface area contributed by atoms with Gasteiger partial charge in [-0.25, -0.2) is 0 Å². The number of hydrogen-bond acceptors (Lipinski definition) is 2. The molecule has 0 spiro atoms. The Balaban J connectivity index is 3.67. The molecule has 0 aromatic heterocycles. The molecule has 0 aromatic rings. The van der Waals surface area contributed by atoms with E-state index < -0.39 is 0 Å². The number of carbonyl (C=O) groups excluding carboxylic acids is 1. The van der Waals surface area contributed by atoms with Crippen LogP contribution in [0.2, 0.25) is 0 Å². The Morgan fingerprint density at radius 3 is 0.907 bits per heavy atom. The minimum absolute atomic E-state index is 0.103. The minimum atomic E-state index is 0.103. The third kappa shape index (κ3) is 34.2. The predicted octanol–water partition coefficient (Wildman–Crippen LogP) is 14.9. The van der Waals surface area contributed by atoms with Gasteiger partial charge in [0.05, 0.1) is 12.5 Å². The van der Waals surface area contributed by atoms with E-state index in [2.05, 4.69) is 20.8 Å². The van der Waals surface area contributed by atoms with Crippen LogP contribution in [0.25, 0.3) is 0 Å². The Morgan fingerprint density at radius 2 is 0.581 bits per heavy atom. The van der Waals surface area contributed by atoms with Gasteiger partial charge in [-0.15, -0.1) is 0 Å². The van der Waals surface area contributed by atoms with Gasteiger partial charge in [0.2, 0.25) is 0 Å². The number of ether oxygens (including phenoxy) is 1. The Kier molecular flexibility index (Phi) is 37.2. The van der Waals surface area contributed by atoms with E-state index in [1.807, 2.05) is 0 Å². The summed E-state index contributed by atoms with van der Waals surface area (Å²) in [7, 11) is 0. The van der Waals surface area contributed by atoms with Crippen molar-refractivity contribution in [2.45, 2.75) is 245 Å². The Bertz CT molecular complexity index is 516. The van der Waals surface area contributed by atoms with Crippen LogP contribution in [0.3, 0.4) is 0 Å².